The van der Waals surface area contributed by atoms with Crippen molar-refractivity contribution in [3.05, 3.63) is 29.6 Å². The number of aromatic nitrogens is 1. The minimum atomic E-state index is -0.570. The summed E-state index contributed by atoms with van der Waals surface area (Å²) in [4.78, 5) is 4.41. The van der Waals surface area contributed by atoms with Gasteiger partial charge in [0.25, 0.3) is 0 Å². The molecule has 0 spiro atoms. The second-order valence-corrected chi connectivity index (χ2v) is 4.91. The number of fused-ring (bicyclic) bond motifs is 1. The molecule has 1 saturated carbocycles. The summed E-state index contributed by atoms with van der Waals surface area (Å²) in [7, 11) is 0. The number of hydrogen-bond donors (Lipinski definition) is 2. The van der Waals surface area contributed by atoms with Crippen LogP contribution >= 0.6 is 0 Å². The van der Waals surface area contributed by atoms with Crippen LogP contribution in [0.1, 0.15) is 36.4 Å². The van der Waals surface area contributed by atoms with Crippen molar-refractivity contribution in [2.75, 3.05) is 0 Å². The Kier molecular flexibility index (Phi) is 1.88. The number of pyridine rings is 1. The molecule has 1 unspecified atom stereocenters. The van der Waals surface area contributed by atoms with Crippen molar-refractivity contribution in [2.45, 2.75) is 43.2 Å². The SMILES string of the molecule is NC1CC(O)(C2CCc3cccnc32)C1. The van der Waals surface area contributed by atoms with Gasteiger partial charge in [-0.2, -0.15) is 0 Å². The maximum atomic E-state index is 10.4. The number of hydrogen-bond acceptors (Lipinski definition) is 3. The van der Waals surface area contributed by atoms with Crippen LogP contribution in [0.2, 0.25) is 0 Å². The molecule has 0 saturated heterocycles. The van der Waals surface area contributed by atoms with Gasteiger partial charge in [0.05, 0.1) is 5.60 Å². The van der Waals surface area contributed by atoms with Gasteiger partial charge in [0, 0.05) is 23.9 Å². The zero-order chi connectivity index (χ0) is 10.5. The molecule has 3 rings (SSSR count). The first-order valence-electron chi connectivity index (χ1n) is 5.61. The highest BCUT2D eigenvalue weighted by Gasteiger charge is 2.49. The van der Waals surface area contributed by atoms with Crippen LogP contribution in [0.3, 0.4) is 0 Å². The van der Waals surface area contributed by atoms with Gasteiger partial charge in [0.15, 0.2) is 0 Å². The van der Waals surface area contributed by atoms with Gasteiger partial charge < -0.3 is 10.8 Å². The van der Waals surface area contributed by atoms with Crippen LogP contribution in [0.4, 0.5) is 0 Å². The van der Waals surface area contributed by atoms with Gasteiger partial charge in [-0.3, -0.25) is 4.98 Å². The highest BCUT2D eigenvalue weighted by molar-refractivity contribution is 5.32. The molecule has 2 aliphatic rings. The minimum absolute atomic E-state index is 0.183. The molecule has 3 heteroatoms. The number of rotatable bonds is 1. The van der Waals surface area contributed by atoms with Crippen molar-refractivity contribution in [1.29, 1.82) is 0 Å². The van der Waals surface area contributed by atoms with E-state index in [0.29, 0.717) is 0 Å². The monoisotopic (exact) mass is 204 g/mol. The largest absolute Gasteiger partial charge is 0.389 e. The molecule has 15 heavy (non-hydrogen) atoms. The second kappa shape index (κ2) is 3.03. The standard InChI is InChI=1S/C12H16N2O/c13-9-6-12(15,7-9)10-4-3-8-2-1-5-14-11(8)10/h1-2,5,9-10,15H,3-4,6-7,13H2. The molecule has 3 N–H and O–H groups in total. The third kappa shape index (κ3) is 1.30. The predicted molar refractivity (Wildman–Crippen MR) is 57.5 cm³/mol. The lowest BCUT2D eigenvalue weighted by Gasteiger charge is -2.46. The lowest BCUT2D eigenvalue weighted by molar-refractivity contribution is -0.0697. The summed E-state index contributed by atoms with van der Waals surface area (Å²) in [6, 6.07) is 4.27. The average molecular weight is 204 g/mol. The third-order valence-electron chi connectivity index (χ3n) is 3.84. The fraction of sp³-hybridized carbons (Fsp3) is 0.583. The van der Waals surface area contributed by atoms with Crippen molar-refractivity contribution in [1.82, 2.24) is 4.98 Å². The van der Waals surface area contributed by atoms with E-state index in [0.717, 1.165) is 31.4 Å². The van der Waals surface area contributed by atoms with Crippen LogP contribution < -0.4 is 5.73 Å². The number of nitrogens with two attached hydrogens (primary N) is 1. The van der Waals surface area contributed by atoms with E-state index in [-0.39, 0.29) is 12.0 Å². The first kappa shape index (κ1) is 9.31. The van der Waals surface area contributed by atoms with E-state index in [1.807, 2.05) is 12.3 Å². The Morgan fingerprint density at radius 2 is 2.27 bits per heavy atom. The summed E-state index contributed by atoms with van der Waals surface area (Å²) in [5, 5.41) is 10.4. The predicted octanol–water partition coefficient (Wildman–Crippen LogP) is 0.964. The molecule has 1 heterocycles. The van der Waals surface area contributed by atoms with Crippen LogP contribution in [0, 0.1) is 0 Å². The first-order valence-corrected chi connectivity index (χ1v) is 5.61. The van der Waals surface area contributed by atoms with E-state index in [1.165, 1.54) is 5.56 Å². The fourth-order valence-corrected chi connectivity index (χ4v) is 3.07. The van der Waals surface area contributed by atoms with Crippen molar-refractivity contribution in [2.24, 2.45) is 5.73 Å². The zero-order valence-electron chi connectivity index (χ0n) is 8.69. The number of aliphatic hydroxyl groups is 1. The lowest BCUT2D eigenvalue weighted by atomic mass is 9.67. The van der Waals surface area contributed by atoms with E-state index in [2.05, 4.69) is 11.1 Å². The van der Waals surface area contributed by atoms with Crippen LogP contribution in [-0.2, 0) is 6.42 Å². The molecule has 1 fully saturated rings. The molecule has 1 aromatic heterocycles. The molecule has 0 bridgehead atoms. The number of nitrogens with zero attached hydrogens (tertiary/aromatic N) is 1. The molecule has 1 atom stereocenters. The maximum Gasteiger partial charge on any atom is 0.0760 e. The summed E-state index contributed by atoms with van der Waals surface area (Å²) in [6.07, 6.45) is 5.35. The van der Waals surface area contributed by atoms with Crippen LogP contribution in [-0.4, -0.2) is 21.7 Å². The van der Waals surface area contributed by atoms with Gasteiger partial charge in [0.1, 0.15) is 0 Å². The Labute approximate surface area is 89.3 Å². The average Bonchev–Trinajstić information content (AvgIpc) is 2.59. The zero-order valence-corrected chi connectivity index (χ0v) is 8.69. The van der Waals surface area contributed by atoms with Gasteiger partial charge in [-0.15, -0.1) is 0 Å². The molecule has 2 aliphatic carbocycles. The molecule has 0 aliphatic heterocycles. The number of aryl methyl sites for hydroxylation is 1. The molecule has 0 aromatic carbocycles. The highest BCUT2D eigenvalue weighted by atomic mass is 16.3. The van der Waals surface area contributed by atoms with E-state index < -0.39 is 5.60 Å². The summed E-state index contributed by atoms with van der Waals surface area (Å²) in [5.74, 6) is 0.216. The highest BCUT2D eigenvalue weighted by Crippen LogP contribution is 2.48. The summed E-state index contributed by atoms with van der Waals surface area (Å²) < 4.78 is 0. The normalized spacial score (nSPS) is 38.5. The Balaban J connectivity index is 1.91. The van der Waals surface area contributed by atoms with Gasteiger partial charge in [-0.25, -0.2) is 0 Å². The first-order chi connectivity index (χ1) is 7.19. The lowest BCUT2D eigenvalue weighted by Crippen LogP contribution is -2.54. The molecular weight excluding hydrogens is 188 g/mol. The Hall–Kier alpha value is -0.930. The topological polar surface area (TPSA) is 59.1 Å². The van der Waals surface area contributed by atoms with Crippen molar-refractivity contribution >= 4 is 0 Å². The van der Waals surface area contributed by atoms with E-state index in [1.54, 1.807) is 0 Å². The molecule has 3 nitrogen and oxygen atoms in total. The van der Waals surface area contributed by atoms with Gasteiger partial charge in [0.2, 0.25) is 0 Å². The van der Waals surface area contributed by atoms with Gasteiger partial charge in [-0.05, 0) is 37.3 Å². The smallest absolute Gasteiger partial charge is 0.0760 e. The molecular formula is C12H16N2O. The molecule has 1 aromatic rings. The fourth-order valence-electron chi connectivity index (χ4n) is 3.07. The van der Waals surface area contributed by atoms with E-state index >= 15 is 0 Å². The van der Waals surface area contributed by atoms with Crippen molar-refractivity contribution in [3.8, 4) is 0 Å². The van der Waals surface area contributed by atoms with Gasteiger partial charge in [-0.1, -0.05) is 6.07 Å². The van der Waals surface area contributed by atoms with Gasteiger partial charge >= 0.3 is 0 Å². The van der Waals surface area contributed by atoms with Crippen molar-refractivity contribution in [3.63, 3.8) is 0 Å². The summed E-state index contributed by atoms with van der Waals surface area (Å²) in [5.41, 5.74) is 7.60. The molecule has 0 amide bonds. The van der Waals surface area contributed by atoms with E-state index in [4.69, 9.17) is 5.73 Å². The third-order valence-corrected chi connectivity index (χ3v) is 3.84. The quantitative estimate of drug-likeness (QED) is 0.716. The summed E-state index contributed by atoms with van der Waals surface area (Å²) >= 11 is 0. The minimum Gasteiger partial charge on any atom is -0.389 e. The summed E-state index contributed by atoms with van der Waals surface area (Å²) in [6.45, 7) is 0. The van der Waals surface area contributed by atoms with Crippen LogP contribution in [0.5, 0.6) is 0 Å². The van der Waals surface area contributed by atoms with Crippen LogP contribution in [0.15, 0.2) is 18.3 Å². The van der Waals surface area contributed by atoms with Crippen molar-refractivity contribution < 1.29 is 5.11 Å². The maximum absolute atomic E-state index is 10.4. The van der Waals surface area contributed by atoms with E-state index in [9.17, 15) is 5.11 Å². The molecule has 80 valence electrons. The second-order valence-electron chi connectivity index (χ2n) is 4.91. The Morgan fingerprint density at radius 1 is 1.47 bits per heavy atom. The molecule has 0 radical (unpaired) electrons. The Morgan fingerprint density at radius 3 is 3.00 bits per heavy atom. The Bertz CT molecular complexity index is 385. The van der Waals surface area contributed by atoms with Crippen LogP contribution in [0.25, 0.3) is 0 Å².